The molecule has 0 fully saturated rings. The van der Waals surface area contributed by atoms with E-state index in [9.17, 15) is 4.79 Å². The number of rotatable bonds is 1. The van der Waals surface area contributed by atoms with E-state index in [1.807, 2.05) is 0 Å². The molecule has 4 nitrogen and oxygen atoms in total. The SMILES string of the molecule is CC(O)C(=O)ON.[H-].[Na+]. The first kappa shape index (κ1) is 11.2. The van der Waals surface area contributed by atoms with Crippen LogP contribution in [0.15, 0.2) is 0 Å². The molecule has 8 heavy (non-hydrogen) atoms. The fraction of sp³-hybridized carbons (Fsp3) is 0.667. The number of aliphatic hydroxyl groups excluding tert-OH is 1. The summed E-state index contributed by atoms with van der Waals surface area (Å²) in [6, 6.07) is 0. The molecule has 0 saturated heterocycles. The van der Waals surface area contributed by atoms with Gasteiger partial charge in [0.2, 0.25) is 0 Å². The first-order chi connectivity index (χ1) is 3.18. The Bertz CT molecular complexity index is 79.5. The van der Waals surface area contributed by atoms with Gasteiger partial charge in [-0.3, -0.25) is 0 Å². The molecule has 0 aromatic carbocycles. The van der Waals surface area contributed by atoms with Crippen LogP contribution in [0.3, 0.4) is 0 Å². The van der Waals surface area contributed by atoms with E-state index in [0.717, 1.165) is 0 Å². The van der Waals surface area contributed by atoms with Crippen LogP contribution in [0.25, 0.3) is 0 Å². The molecule has 1 atom stereocenters. The van der Waals surface area contributed by atoms with E-state index in [2.05, 4.69) is 10.7 Å². The second kappa shape index (κ2) is 5.53. The van der Waals surface area contributed by atoms with Crippen LogP contribution < -0.4 is 35.5 Å². The summed E-state index contributed by atoms with van der Waals surface area (Å²) in [5.41, 5.74) is 0. The van der Waals surface area contributed by atoms with Crippen molar-refractivity contribution >= 4 is 5.97 Å². The number of nitrogens with two attached hydrogens (primary N) is 1. The van der Waals surface area contributed by atoms with Crippen LogP contribution in [-0.4, -0.2) is 17.2 Å². The van der Waals surface area contributed by atoms with Crippen LogP contribution in [-0.2, 0) is 9.63 Å². The fourth-order valence-corrected chi connectivity index (χ4v) is 0.0985. The molecule has 5 heteroatoms. The number of hydrogen-bond acceptors (Lipinski definition) is 4. The molecule has 44 valence electrons. The topological polar surface area (TPSA) is 72.5 Å². The van der Waals surface area contributed by atoms with Gasteiger partial charge in [-0.25, -0.2) is 4.79 Å². The fourth-order valence-electron chi connectivity index (χ4n) is 0.0985. The average molecular weight is 129 g/mol. The second-order valence-corrected chi connectivity index (χ2v) is 1.11. The van der Waals surface area contributed by atoms with Gasteiger partial charge in [-0.15, -0.1) is 0 Å². The molecule has 0 amide bonds. The van der Waals surface area contributed by atoms with Crippen molar-refractivity contribution < 1.29 is 45.7 Å². The third-order valence-corrected chi connectivity index (χ3v) is 0.457. The van der Waals surface area contributed by atoms with Crippen LogP contribution in [0, 0.1) is 0 Å². The number of aliphatic hydroxyl groups is 1. The van der Waals surface area contributed by atoms with Crippen molar-refractivity contribution in [3.8, 4) is 0 Å². The van der Waals surface area contributed by atoms with Gasteiger partial charge >= 0.3 is 35.5 Å². The Morgan fingerprint density at radius 3 is 2.38 bits per heavy atom. The van der Waals surface area contributed by atoms with E-state index in [0.29, 0.717) is 0 Å². The largest absolute Gasteiger partial charge is 1.00 e. The van der Waals surface area contributed by atoms with E-state index < -0.39 is 12.1 Å². The maximum absolute atomic E-state index is 9.91. The molecule has 0 aliphatic carbocycles. The number of hydrogen-bond donors (Lipinski definition) is 2. The van der Waals surface area contributed by atoms with Crippen molar-refractivity contribution in [2.45, 2.75) is 13.0 Å². The van der Waals surface area contributed by atoms with Crippen molar-refractivity contribution in [3.05, 3.63) is 0 Å². The Hall–Kier alpha value is 0.390. The number of carbonyl (C=O) groups excluding carboxylic acids is 1. The van der Waals surface area contributed by atoms with Crippen LogP contribution >= 0.6 is 0 Å². The van der Waals surface area contributed by atoms with Gasteiger partial charge in [0.15, 0.2) is 6.10 Å². The average Bonchev–Trinajstić information content (AvgIpc) is 1.65. The summed E-state index contributed by atoms with van der Waals surface area (Å²) in [4.78, 5) is 13.5. The zero-order valence-corrected chi connectivity index (χ0v) is 6.92. The van der Waals surface area contributed by atoms with Gasteiger partial charge in [0.1, 0.15) is 0 Å². The normalized spacial score (nSPS) is 11.4. The smallest absolute Gasteiger partial charge is 1.00 e. The Balaban J connectivity index is -0.000000180. The first-order valence-electron chi connectivity index (χ1n) is 1.77. The van der Waals surface area contributed by atoms with E-state index in [1.54, 1.807) is 0 Å². The zero-order valence-electron chi connectivity index (χ0n) is 5.92. The predicted molar refractivity (Wildman–Crippen MR) is 23.1 cm³/mol. The summed E-state index contributed by atoms with van der Waals surface area (Å²) >= 11 is 0. The van der Waals surface area contributed by atoms with Gasteiger partial charge < -0.3 is 11.4 Å². The standard InChI is InChI=1S/C3H7NO3.Na.H/c1-2(5)3(6)7-4;;/h2,5H,4H2,1H3;;/q;+1;-1. The molecule has 0 bridgehead atoms. The molecule has 0 aromatic heterocycles. The Labute approximate surface area is 70.7 Å². The maximum Gasteiger partial charge on any atom is 1.00 e. The van der Waals surface area contributed by atoms with Crippen LogP contribution in [0.5, 0.6) is 0 Å². The summed E-state index contributed by atoms with van der Waals surface area (Å²) < 4.78 is 0. The molecule has 0 heterocycles. The minimum Gasteiger partial charge on any atom is -1.00 e. The van der Waals surface area contributed by atoms with Gasteiger partial charge in [-0.2, -0.15) is 5.90 Å². The van der Waals surface area contributed by atoms with Crippen molar-refractivity contribution in [1.29, 1.82) is 0 Å². The Kier molecular flexibility index (Phi) is 7.75. The summed E-state index contributed by atoms with van der Waals surface area (Å²) in [5.74, 6) is 3.54. The monoisotopic (exact) mass is 129 g/mol. The van der Waals surface area contributed by atoms with Crippen LogP contribution in [0.2, 0.25) is 0 Å². The van der Waals surface area contributed by atoms with Crippen molar-refractivity contribution in [3.63, 3.8) is 0 Å². The molecule has 1 unspecified atom stereocenters. The molecule has 0 aliphatic heterocycles. The molecular formula is C3H8NNaO3. The van der Waals surface area contributed by atoms with Crippen LogP contribution in [0.4, 0.5) is 0 Å². The predicted octanol–water partition coefficient (Wildman–Crippen LogP) is -4.10. The zero-order chi connectivity index (χ0) is 5.86. The summed E-state index contributed by atoms with van der Waals surface area (Å²) in [5, 5.41) is 8.27. The molecule has 0 aromatic rings. The summed E-state index contributed by atoms with van der Waals surface area (Å²) in [6.07, 6.45) is -1.12. The van der Waals surface area contributed by atoms with Gasteiger partial charge in [0.05, 0.1) is 0 Å². The molecule has 0 radical (unpaired) electrons. The third-order valence-electron chi connectivity index (χ3n) is 0.457. The number of carbonyl (C=O) groups is 1. The van der Waals surface area contributed by atoms with Crippen LogP contribution in [0.1, 0.15) is 8.35 Å². The summed E-state index contributed by atoms with van der Waals surface area (Å²) in [6.45, 7) is 1.27. The summed E-state index contributed by atoms with van der Waals surface area (Å²) in [7, 11) is 0. The third kappa shape index (κ3) is 4.55. The van der Waals surface area contributed by atoms with Crippen molar-refractivity contribution in [2.24, 2.45) is 5.90 Å². The van der Waals surface area contributed by atoms with Crippen molar-refractivity contribution in [1.82, 2.24) is 0 Å². The van der Waals surface area contributed by atoms with E-state index in [1.165, 1.54) is 6.92 Å². The van der Waals surface area contributed by atoms with Crippen molar-refractivity contribution in [2.75, 3.05) is 0 Å². The van der Waals surface area contributed by atoms with E-state index in [-0.39, 0.29) is 31.0 Å². The minimum atomic E-state index is -1.12. The van der Waals surface area contributed by atoms with Gasteiger partial charge in [-0.05, 0) is 6.92 Å². The van der Waals surface area contributed by atoms with E-state index in [4.69, 9.17) is 5.11 Å². The molecule has 3 N–H and O–H groups in total. The van der Waals surface area contributed by atoms with E-state index >= 15 is 0 Å². The molecular weight excluding hydrogens is 121 g/mol. The quantitative estimate of drug-likeness (QED) is 0.279. The Morgan fingerprint density at radius 2 is 2.38 bits per heavy atom. The second-order valence-electron chi connectivity index (χ2n) is 1.11. The Morgan fingerprint density at radius 1 is 2.00 bits per heavy atom. The maximum atomic E-state index is 9.91. The van der Waals surface area contributed by atoms with Gasteiger partial charge in [0.25, 0.3) is 0 Å². The molecule has 0 spiro atoms. The molecule has 0 saturated carbocycles. The van der Waals surface area contributed by atoms with Gasteiger partial charge in [-0.1, -0.05) is 0 Å². The van der Waals surface area contributed by atoms with Gasteiger partial charge in [0, 0.05) is 0 Å². The minimum absolute atomic E-state index is 0. The first-order valence-corrected chi connectivity index (χ1v) is 1.77. The molecule has 0 aliphatic rings. The molecule has 0 rings (SSSR count).